The molecule has 1 N–H and O–H groups in total. The van der Waals surface area contributed by atoms with Gasteiger partial charge in [0.2, 0.25) is 0 Å². The summed E-state index contributed by atoms with van der Waals surface area (Å²) < 4.78 is 6.58. The number of nitrogens with zero attached hydrogens (tertiary/aromatic N) is 1. The van der Waals surface area contributed by atoms with Gasteiger partial charge in [-0.1, -0.05) is 15.9 Å². The molecule has 1 saturated heterocycles. The highest BCUT2D eigenvalue weighted by Gasteiger charge is 2.26. The molecule has 1 aliphatic rings. The zero-order chi connectivity index (χ0) is 15.6. The van der Waals surface area contributed by atoms with E-state index in [1.54, 1.807) is 6.07 Å². The van der Waals surface area contributed by atoms with Crippen LogP contribution in [0.2, 0.25) is 0 Å². The minimum absolute atomic E-state index is 0.335. The maximum absolute atomic E-state index is 12.0. The second kappa shape index (κ2) is 7.11. The summed E-state index contributed by atoms with van der Waals surface area (Å²) in [4.78, 5) is 14.4. The summed E-state index contributed by atoms with van der Waals surface area (Å²) in [5.74, 6) is -0.335. The molecule has 1 heterocycles. The van der Waals surface area contributed by atoms with E-state index in [9.17, 15) is 4.79 Å². The predicted molar refractivity (Wildman–Crippen MR) is 91.9 cm³/mol. The minimum Gasteiger partial charge on any atom is -0.465 e. The molecule has 0 amide bonds. The summed E-state index contributed by atoms with van der Waals surface area (Å²) in [5.41, 5.74) is 1.35. The van der Waals surface area contributed by atoms with Gasteiger partial charge in [0.15, 0.2) is 0 Å². The van der Waals surface area contributed by atoms with Gasteiger partial charge < -0.3 is 10.1 Å². The van der Waals surface area contributed by atoms with Gasteiger partial charge in [0, 0.05) is 34.1 Å². The summed E-state index contributed by atoms with van der Waals surface area (Å²) in [7, 11) is 1.40. The van der Waals surface area contributed by atoms with Crippen molar-refractivity contribution in [3.8, 4) is 0 Å². The number of rotatable bonds is 4. The first-order chi connectivity index (χ1) is 9.92. The molecular formula is C15H20Br2N2O2. The monoisotopic (exact) mass is 418 g/mol. The van der Waals surface area contributed by atoms with Gasteiger partial charge in [0.05, 0.1) is 18.4 Å². The molecule has 0 bridgehead atoms. The third kappa shape index (κ3) is 3.99. The van der Waals surface area contributed by atoms with E-state index in [1.165, 1.54) is 7.11 Å². The number of anilines is 1. The van der Waals surface area contributed by atoms with Gasteiger partial charge in [0.25, 0.3) is 0 Å². The lowest BCUT2D eigenvalue weighted by atomic mass is 10.1. The van der Waals surface area contributed by atoms with Crippen molar-refractivity contribution in [3.63, 3.8) is 0 Å². The third-order valence-electron chi connectivity index (χ3n) is 3.76. The summed E-state index contributed by atoms with van der Waals surface area (Å²) in [6.07, 6.45) is 1.07. The molecule has 116 valence electrons. The number of methoxy groups -OCH3 is 1. The summed E-state index contributed by atoms with van der Waals surface area (Å²) in [6.45, 7) is 6.48. The molecule has 21 heavy (non-hydrogen) atoms. The van der Waals surface area contributed by atoms with Crippen LogP contribution in [0.3, 0.4) is 0 Å². The van der Waals surface area contributed by atoms with Crippen molar-refractivity contribution < 1.29 is 9.53 Å². The first kappa shape index (κ1) is 16.8. The van der Waals surface area contributed by atoms with Crippen LogP contribution in [0, 0.1) is 0 Å². The van der Waals surface area contributed by atoms with E-state index in [2.05, 4.69) is 55.9 Å². The lowest BCUT2D eigenvalue weighted by Gasteiger charge is -2.22. The second-order valence-electron chi connectivity index (χ2n) is 5.52. The maximum atomic E-state index is 12.0. The number of hydrogen-bond acceptors (Lipinski definition) is 4. The van der Waals surface area contributed by atoms with Crippen molar-refractivity contribution in [2.45, 2.75) is 32.4 Å². The summed E-state index contributed by atoms with van der Waals surface area (Å²) >= 11 is 6.95. The zero-order valence-electron chi connectivity index (χ0n) is 12.5. The number of carbonyl (C=O) groups excluding carboxylic acids is 1. The van der Waals surface area contributed by atoms with Crippen LogP contribution in [0.4, 0.5) is 5.69 Å². The number of carbonyl (C=O) groups is 1. The molecule has 1 aliphatic heterocycles. The van der Waals surface area contributed by atoms with Gasteiger partial charge >= 0.3 is 5.97 Å². The van der Waals surface area contributed by atoms with Crippen molar-refractivity contribution in [3.05, 3.63) is 26.6 Å². The Morgan fingerprint density at radius 1 is 1.43 bits per heavy atom. The molecular weight excluding hydrogens is 400 g/mol. The molecule has 1 unspecified atom stereocenters. The van der Waals surface area contributed by atoms with Crippen LogP contribution >= 0.6 is 31.9 Å². The van der Waals surface area contributed by atoms with E-state index in [4.69, 9.17) is 4.74 Å². The standard InChI is InChI=1S/C15H20Br2N2O2/c1-9(2)19-5-4-11(8-19)18-14-12(15(20)21-3)6-10(16)7-13(14)17/h6-7,9,11,18H,4-5,8H2,1-3H3. The van der Waals surface area contributed by atoms with Crippen molar-refractivity contribution in [1.82, 2.24) is 4.90 Å². The number of halogens is 2. The lowest BCUT2D eigenvalue weighted by Crippen LogP contribution is -2.31. The molecule has 0 saturated carbocycles. The van der Waals surface area contributed by atoms with Gasteiger partial charge in [-0.2, -0.15) is 0 Å². The van der Waals surface area contributed by atoms with Gasteiger partial charge in [0.1, 0.15) is 0 Å². The first-order valence-corrected chi connectivity index (χ1v) is 8.59. The van der Waals surface area contributed by atoms with Gasteiger partial charge in [-0.05, 0) is 48.3 Å². The van der Waals surface area contributed by atoms with Crippen molar-refractivity contribution in [2.75, 3.05) is 25.5 Å². The molecule has 1 fully saturated rings. The van der Waals surface area contributed by atoms with Crippen LogP contribution in [-0.2, 0) is 4.74 Å². The first-order valence-electron chi connectivity index (χ1n) is 7.00. The number of nitrogens with one attached hydrogen (secondary N) is 1. The van der Waals surface area contributed by atoms with Crippen LogP contribution in [0.25, 0.3) is 0 Å². The highest BCUT2D eigenvalue weighted by atomic mass is 79.9. The van der Waals surface area contributed by atoms with E-state index < -0.39 is 0 Å². The molecule has 1 aromatic carbocycles. The Labute approximate surface area is 142 Å². The Hall–Kier alpha value is -0.590. The molecule has 1 atom stereocenters. The quantitative estimate of drug-likeness (QED) is 0.751. The normalized spacial score (nSPS) is 19.0. The van der Waals surface area contributed by atoms with Crippen LogP contribution < -0.4 is 5.32 Å². The summed E-state index contributed by atoms with van der Waals surface area (Å²) in [5, 5.41) is 3.49. The number of hydrogen-bond donors (Lipinski definition) is 1. The Morgan fingerprint density at radius 2 is 2.14 bits per heavy atom. The van der Waals surface area contributed by atoms with Crippen LogP contribution in [0.1, 0.15) is 30.6 Å². The highest BCUT2D eigenvalue weighted by Crippen LogP contribution is 2.33. The Morgan fingerprint density at radius 3 is 2.71 bits per heavy atom. The molecule has 0 spiro atoms. The minimum atomic E-state index is -0.335. The van der Waals surface area contributed by atoms with E-state index >= 15 is 0 Å². The van der Waals surface area contributed by atoms with Crippen LogP contribution in [0.5, 0.6) is 0 Å². The average Bonchev–Trinajstić information content (AvgIpc) is 2.89. The molecule has 1 aromatic rings. The van der Waals surface area contributed by atoms with Crippen LogP contribution in [-0.4, -0.2) is 43.2 Å². The average molecular weight is 420 g/mol. The van der Waals surface area contributed by atoms with Gasteiger partial charge in [-0.25, -0.2) is 4.79 Å². The fourth-order valence-electron chi connectivity index (χ4n) is 2.57. The molecule has 6 heteroatoms. The van der Waals surface area contributed by atoms with E-state index in [0.717, 1.165) is 34.1 Å². The van der Waals surface area contributed by atoms with Crippen molar-refractivity contribution in [1.29, 1.82) is 0 Å². The van der Waals surface area contributed by atoms with Crippen molar-refractivity contribution in [2.24, 2.45) is 0 Å². The Kier molecular flexibility index (Phi) is 5.68. The van der Waals surface area contributed by atoms with Gasteiger partial charge in [-0.3, -0.25) is 4.90 Å². The topological polar surface area (TPSA) is 41.6 Å². The molecule has 4 nitrogen and oxygen atoms in total. The smallest absolute Gasteiger partial charge is 0.340 e. The maximum Gasteiger partial charge on any atom is 0.340 e. The number of ether oxygens (including phenoxy) is 1. The number of esters is 1. The second-order valence-corrected chi connectivity index (χ2v) is 7.29. The number of benzene rings is 1. The molecule has 0 radical (unpaired) electrons. The van der Waals surface area contributed by atoms with Crippen LogP contribution in [0.15, 0.2) is 21.1 Å². The summed E-state index contributed by atoms with van der Waals surface area (Å²) in [6, 6.07) is 4.61. The number of likely N-dealkylation sites (tertiary alicyclic amines) is 1. The SMILES string of the molecule is COC(=O)c1cc(Br)cc(Br)c1NC1CCN(C(C)C)C1. The molecule has 0 aliphatic carbocycles. The highest BCUT2D eigenvalue weighted by molar-refractivity contribution is 9.11. The fraction of sp³-hybridized carbons (Fsp3) is 0.533. The molecule has 0 aromatic heterocycles. The van der Waals surface area contributed by atoms with E-state index in [-0.39, 0.29) is 5.97 Å². The Balaban J connectivity index is 2.22. The zero-order valence-corrected chi connectivity index (χ0v) is 15.6. The van der Waals surface area contributed by atoms with Crippen molar-refractivity contribution >= 4 is 43.5 Å². The third-order valence-corrected chi connectivity index (χ3v) is 4.84. The Bertz CT molecular complexity index is 535. The predicted octanol–water partition coefficient (Wildman–Crippen LogP) is 3.89. The van der Waals surface area contributed by atoms with E-state index in [0.29, 0.717) is 17.6 Å². The van der Waals surface area contributed by atoms with Gasteiger partial charge in [-0.15, -0.1) is 0 Å². The van der Waals surface area contributed by atoms with E-state index in [1.807, 2.05) is 6.07 Å². The largest absolute Gasteiger partial charge is 0.465 e. The lowest BCUT2D eigenvalue weighted by molar-refractivity contribution is 0.0601. The molecule has 2 rings (SSSR count). The fourth-order valence-corrected chi connectivity index (χ4v) is 3.91.